The van der Waals surface area contributed by atoms with E-state index in [4.69, 9.17) is 23.7 Å². The molecule has 0 amide bonds. The van der Waals surface area contributed by atoms with Gasteiger partial charge in [0.15, 0.2) is 0 Å². The van der Waals surface area contributed by atoms with Crippen LogP contribution in [0.2, 0.25) is 0 Å². The summed E-state index contributed by atoms with van der Waals surface area (Å²) < 4.78 is 48.3. The van der Waals surface area contributed by atoms with Gasteiger partial charge in [0.05, 0.1) is 39.6 Å². The molecule has 6 nitrogen and oxygen atoms in total. The summed E-state index contributed by atoms with van der Waals surface area (Å²) in [6, 6.07) is 44.2. The van der Waals surface area contributed by atoms with Gasteiger partial charge in [-0.2, -0.15) is 0 Å². The molecule has 0 saturated carbocycles. The van der Waals surface area contributed by atoms with E-state index in [0.29, 0.717) is 30.9 Å². The summed E-state index contributed by atoms with van der Waals surface area (Å²) in [5.41, 5.74) is 4.99. The molecule has 0 aliphatic carbocycles. The Bertz CT molecular complexity index is 1650. The Morgan fingerprint density at radius 1 is 0.521 bits per heavy atom. The first kappa shape index (κ1) is 33.7. The zero-order valence-electron chi connectivity index (χ0n) is 26.8. The molecule has 48 heavy (non-hydrogen) atoms. The highest BCUT2D eigenvalue weighted by Gasteiger charge is 2.49. The minimum atomic E-state index is -0.752. The van der Waals surface area contributed by atoms with Crippen LogP contribution in [0.25, 0.3) is 0 Å². The fourth-order valence-electron chi connectivity index (χ4n) is 5.99. The molecule has 1 fully saturated rings. The van der Waals surface area contributed by atoms with Gasteiger partial charge in [-0.25, -0.2) is 4.39 Å². The van der Waals surface area contributed by atoms with Crippen LogP contribution >= 0.6 is 0 Å². The van der Waals surface area contributed by atoms with Crippen molar-refractivity contribution in [3.05, 3.63) is 179 Å². The van der Waals surface area contributed by atoms with Crippen LogP contribution in [0.1, 0.15) is 39.5 Å². The van der Waals surface area contributed by atoms with Gasteiger partial charge in [0.1, 0.15) is 36.3 Å². The average Bonchev–Trinajstić information content (AvgIpc) is 3.14. The van der Waals surface area contributed by atoms with E-state index in [2.05, 4.69) is 0 Å². The lowest BCUT2D eigenvalue weighted by Gasteiger charge is -2.46. The first-order chi connectivity index (χ1) is 23.7. The van der Waals surface area contributed by atoms with E-state index in [0.717, 1.165) is 22.3 Å². The number of aliphatic hydroxyl groups excluding tert-OH is 1. The summed E-state index contributed by atoms with van der Waals surface area (Å²) in [6.07, 6.45) is -3.29. The van der Waals surface area contributed by atoms with Crippen LogP contribution in [0, 0.1) is 5.82 Å². The SMILES string of the molecule is OCc1cc(F)cc(C2O[C@H](COCc3ccccc3)[C@@H](OCc3ccccc3)[C@H](OCc3ccccc3)[C@H]2OCc2ccccc2)c1. The van der Waals surface area contributed by atoms with Crippen LogP contribution in [0.5, 0.6) is 0 Å². The van der Waals surface area contributed by atoms with Crippen LogP contribution in [-0.4, -0.2) is 36.1 Å². The van der Waals surface area contributed by atoms with E-state index in [1.807, 2.05) is 121 Å². The van der Waals surface area contributed by atoms with E-state index in [1.54, 1.807) is 6.07 Å². The van der Waals surface area contributed by atoms with Gasteiger partial charge < -0.3 is 28.8 Å². The minimum absolute atomic E-state index is 0.198. The van der Waals surface area contributed by atoms with Crippen molar-refractivity contribution in [1.82, 2.24) is 0 Å². The van der Waals surface area contributed by atoms with E-state index in [-0.39, 0.29) is 19.8 Å². The lowest BCUT2D eigenvalue weighted by Crippen LogP contribution is -2.58. The first-order valence-electron chi connectivity index (χ1n) is 16.3. The van der Waals surface area contributed by atoms with Crippen LogP contribution < -0.4 is 0 Å². The number of benzene rings is 5. The molecule has 1 heterocycles. The minimum Gasteiger partial charge on any atom is -0.392 e. The van der Waals surface area contributed by atoms with Gasteiger partial charge in [-0.3, -0.25) is 0 Å². The van der Waals surface area contributed by atoms with E-state index in [1.165, 1.54) is 12.1 Å². The number of halogens is 1. The summed E-state index contributed by atoms with van der Waals surface area (Å²) in [4.78, 5) is 0. The third kappa shape index (κ3) is 9.23. The number of aliphatic hydroxyl groups is 1. The third-order valence-corrected chi connectivity index (χ3v) is 8.37. The molecule has 6 rings (SSSR count). The quantitative estimate of drug-likeness (QED) is 0.125. The highest BCUT2D eigenvalue weighted by atomic mass is 19.1. The van der Waals surface area contributed by atoms with E-state index < -0.39 is 36.3 Å². The number of rotatable bonds is 15. The summed E-state index contributed by atoms with van der Waals surface area (Å²) >= 11 is 0. The Hall–Kier alpha value is -4.21. The second kappa shape index (κ2) is 17.3. The summed E-state index contributed by atoms with van der Waals surface area (Å²) in [6.45, 7) is 1.17. The molecule has 0 radical (unpaired) electrons. The standard InChI is InChI=1S/C41H41FO6/c42-36-22-34(24-43)21-35(23-36)38-40(46-27-32-17-9-3-10-18-32)41(47-28-33-19-11-4-12-20-33)39(45-26-31-15-7-2-8-16-31)37(48-38)29-44-25-30-13-5-1-6-14-30/h1-23,37-41,43H,24-29H2/t37-,38?,39-,40+,41+/m1/s1. The number of hydrogen-bond acceptors (Lipinski definition) is 6. The molecule has 1 N–H and O–H groups in total. The van der Waals surface area contributed by atoms with Crippen molar-refractivity contribution in [2.45, 2.75) is 63.6 Å². The molecule has 1 aliphatic heterocycles. The van der Waals surface area contributed by atoms with Gasteiger partial charge in [0, 0.05) is 0 Å². The van der Waals surface area contributed by atoms with Crippen molar-refractivity contribution < 1.29 is 33.2 Å². The Morgan fingerprint density at radius 2 is 0.979 bits per heavy atom. The van der Waals surface area contributed by atoms with Gasteiger partial charge in [-0.05, 0) is 45.5 Å². The normalized spacial score (nSPS) is 20.8. The van der Waals surface area contributed by atoms with Gasteiger partial charge in [-0.1, -0.05) is 127 Å². The second-order valence-electron chi connectivity index (χ2n) is 11.9. The summed E-state index contributed by atoms with van der Waals surface area (Å²) in [5, 5.41) is 9.96. The van der Waals surface area contributed by atoms with Crippen molar-refractivity contribution in [3.8, 4) is 0 Å². The molecule has 7 heteroatoms. The maximum Gasteiger partial charge on any atom is 0.123 e. The van der Waals surface area contributed by atoms with Crippen LogP contribution in [-0.2, 0) is 56.7 Å². The monoisotopic (exact) mass is 648 g/mol. The second-order valence-corrected chi connectivity index (χ2v) is 11.9. The molecule has 1 aliphatic rings. The smallest absolute Gasteiger partial charge is 0.123 e. The molecule has 5 aromatic rings. The van der Waals surface area contributed by atoms with Crippen LogP contribution in [0.4, 0.5) is 4.39 Å². The lowest BCUT2D eigenvalue weighted by molar-refractivity contribution is -0.275. The highest BCUT2D eigenvalue weighted by Crippen LogP contribution is 2.39. The fourth-order valence-corrected chi connectivity index (χ4v) is 5.99. The first-order valence-corrected chi connectivity index (χ1v) is 16.3. The van der Waals surface area contributed by atoms with Gasteiger partial charge >= 0.3 is 0 Å². The molecule has 5 atom stereocenters. The third-order valence-electron chi connectivity index (χ3n) is 8.37. The molecule has 0 bridgehead atoms. The van der Waals surface area contributed by atoms with Crippen molar-refractivity contribution in [2.75, 3.05) is 6.61 Å². The molecule has 1 unspecified atom stereocenters. The van der Waals surface area contributed by atoms with Gasteiger partial charge in [0.25, 0.3) is 0 Å². The fraction of sp³-hybridized carbons (Fsp3) is 0.268. The maximum atomic E-state index is 15.0. The van der Waals surface area contributed by atoms with E-state index >= 15 is 0 Å². The van der Waals surface area contributed by atoms with Crippen LogP contribution in [0.15, 0.2) is 140 Å². The predicted molar refractivity (Wildman–Crippen MR) is 181 cm³/mol. The molecule has 1 saturated heterocycles. The Balaban J connectivity index is 1.37. The van der Waals surface area contributed by atoms with E-state index in [9.17, 15) is 9.50 Å². The Kier molecular flexibility index (Phi) is 12.1. The van der Waals surface area contributed by atoms with Crippen molar-refractivity contribution in [3.63, 3.8) is 0 Å². The molecule has 5 aromatic carbocycles. The molecule has 0 spiro atoms. The van der Waals surface area contributed by atoms with Crippen molar-refractivity contribution >= 4 is 0 Å². The summed E-state index contributed by atoms with van der Waals surface area (Å²) in [5.74, 6) is -0.469. The summed E-state index contributed by atoms with van der Waals surface area (Å²) in [7, 11) is 0. The molecule has 248 valence electrons. The highest BCUT2D eigenvalue weighted by molar-refractivity contribution is 5.28. The molecule has 0 aromatic heterocycles. The van der Waals surface area contributed by atoms with Crippen molar-refractivity contribution in [2.24, 2.45) is 0 Å². The lowest BCUT2D eigenvalue weighted by atomic mass is 9.89. The van der Waals surface area contributed by atoms with Gasteiger partial charge in [-0.15, -0.1) is 0 Å². The zero-order valence-corrected chi connectivity index (χ0v) is 26.8. The number of ether oxygens (including phenoxy) is 5. The van der Waals surface area contributed by atoms with Crippen LogP contribution in [0.3, 0.4) is 0 Å². The Labute approximate surface area is 281 Å². The topological polar surface area (TPSA) is 66.4 Å². The molecular weight excluding hydrogens is 607 g/mol. The van der Waals surface area contributed by atoms with Crippen molar-refractivity contribution in [1.29, 1.82) is 0 Å². The Morgan fingerprint density at radius 3 is 1.48 bits per heavy atom. The predicted octanol–water partition coefficient (Wildman–Crippen LogP) is 7.73. The largest absolute Gasteiger partial charge is 0.392 e. The molecular formula is C41H41FO6. The van der Waals surface area contributed by atoms with Gasteiger partial charge in [0.2, 0.25) is 0 Å². The number of hydrogen-bond donors (Lipinski definition) is 1. The zero-order chi connectivity index (χ0) is 33.0. The maximum absolute atomic E-state index is 15.0. The average molecular weight is 649 g/mol.